The van der Waals surface area contributed by atoms with Crippen LogP contribution >= 0.6 is 46.6 Å². The van der Waals surface area contributed by atoms with E-state index in [0.717, 1.165) is 44.3 Å². The van der Waals surface area contributed by atoms with E-state index in [1.807, 2.05) is 90.6 Å². The number of halogens is 3. The third-order valence-corrected chi connectivity index (χ3v) is 9.09. The van der Waals surface area contributed by atoms with Gasteiger partial charge in [-0.05, 0) is 33.9 Å². The number of carbonyl (C=O) groups is 1. The van der Waals surface area contributed by atoms with Crippen molar-refractivity contribution in [2.45, 2.75) is 47.5 Å². The molecule has 0 unspecified atom stereocenters. The Morgan fingerprint density at radius 2 is 1.72 bits per heavy atom. The highest BCUT2D eigenvalue weighted by molar-refractivity contribution is 7.99. The quantitative estimate of drug-likeness (QED) is 0.147. The van der Waals surface area contributed by atoms with E-state index < -0.39 is 16.0 Å². The highest BCUT2D eigenvalue weighted by Crippen LogP contribution is 2.43. The number of aryl methyl sites for hydroxylation is 1. The second kappa shape index (κ2) is 14.0. The lowest BCUT2D eigenvalue weighted by atomic mass is 9.91. The first kappa shape index (κ1) is 31.9. The summed E-state index contributed by atoms with van der Waals surface area (Å²) in [6.45, 7) is 2.38. The van der Waals surface area contributed by atoms with Crippen LogP contribution in [-0.2, 0) is 34.5 Å². The maximum Gasteiger partial charge on any atom is 0.272 e. The molecule has 0 spiro atoms. The van der Waals surface area contributed by atoms with Gasteiger partial charge in [-0.15, -0.1) is 0 Å². The molecule has 226 valence electrons. The zero-order valence-electron chi connectivity index (χ0n) is 23.6. The van der Waals surface area contributed by atoms with Crippen molar-refractivity contribution < 1.29 is 19.4 Å². The zero-order valence-corrected chi connectivity index (χ0v) is 26.7. The normalized spacial score (nSPS) is 20.6. The smallest absolute Gasteiger partial charge is 0.272 e. The Hall–Kier alpha value is -2.56. The van der Waals surface area contributed by atoms with Gasteiger partial charge in [0.15, 0.2) is 11.4 Å². The van der Waals surface area contributed by atoms with E-state index >= 15 is 0 Å². The van der Waals surface area contributed by atoms with E-state index in [2.05, 4.69) is 17.2 Å². The Morgan fingerprint density at radius 3 is 2.37 bits per heavy atom. The number of aromatic nitrogens is 2. The van der Waals surface area contributed by atoms with Crippen LogP contribution in [0.5, 0.6) is 0 Å². The number of nitrogens with one attached hydrogen (secondary N) is 1. The van der Waals surface area contributed by atoms with E-state index in [0.29, 0.717) is 0 Å². The highest BCUT2D eigenvalue weighted by Gasteiger charge is 2.38. The zero-order chi connectivity index (χ0) is 30.6. The number of hydrogen-bond acceptors (Lipinski definition) is 6. The molecule has 7 nitrogen and oxygen atoms in total. The minimum atomic E-state index is -2.01. The van der Waals surface area contributed by atoms with Crippen molar-refractivity contribution in [3.05, 3.63) is 107 Å². The van der Waals surface area contributed by atoms with Gasteiger partial charge in [0.2, 0.25) is 0 Å². The first-order valence-electron chi connectivity index (χ1n) is 13.8. The minimum Gasteiger partial charge on any atom is -0.392 e. The van der Waals surface area contributed by atoms with Gasteiger partial charge < -0.3 is 24.5 Å². The lowest BCUT2D eigenvalue weighted by molar-refractivity contribution is -0.268. The number of aliphatic hydroxyl groups excluding tert-OH is 1. The number of benzene rings is 3. The second-order valence-electron chi connectivity index (χ2n) is 10.5. The summed E-state index contributed by atoms with van der Waals surface area (Å²) < 4.78 is 13.2. The summed E-state index contributed by atoms with van der Waals surface area (Å²) in [7, 11) is 1.98. The summed E-state index contributed by atoms with van der Waals surface area (Å²) in [5, 5.41) is 13.1. The number of rotatable bonds is 9. The fourth-order valence-electron chi connectivity index (χ4n) is 4.93. The Morgan fingerprint density at radius 1 is 1.00 bits per heavy atom. The summed E-state index contributed by atoms with van der Waals surface area (Å²) in [5.41, 5.74) is 5.67. The van der Waals surface area contributed by atoms with Crippen molar-refractivity contribution in [2.24, 2.45) is 13.0 Å². The molecule has 4 atom stereocenters. The number of amides is 1. The summed E-state index contributed by atoms with van der Waals surface area (Å²) in [6.07, 6.45) is 2.87. The van der Waals surface area contributed by atoms with Crippen molar-refractivity contribution in [3.8, 4) is 11.1 Å². The van der Waals surface area contributed by atoms with Gasteiger partial charge in [-0.1, -0.05) is 120 Å². The first-order valence-corrected chi connectivity index (χ1v) is 15.9. The maximum absolute atomic E-state index is 11.9. The average molecular weight is 661 g/mol. The Kier molecular flexibility index (Phi) is 10.4. The Bertz CT molecular complexity index is 1530. The molecule has 0 aliphatic carbocycles. The minimum absolute atomic E-state index is 0.00509. The van der Waals surface area contributed by atoms with Gasteiger partial charge in [0.05, 0.1) is 18.8 Å². The number of thioether (sulfide) groups is 1. The highest BCUT2D eigenvalue weighted by atomic mass is 35.6. The molecule has 5 rings (SSSR count). The van der Waals surface area contributed by atoms with Crippen LogP contribution in [-0.4, -0.2) is 36.2 Å². The molecular weight excluding hydrogens is 629 g/mol. The second-order valence-corrected chi connectivity index (χ2v) is 13.7. The number of aliphatic hydroxyl groups is 1. The molecule has 2 N–H and O–H groups in total. The molecule has 0 saturated carbocycles. The molecule has 1 amide bonds. The number of nitrogens with zero attached hydrogens (tertiary/aromatic N) is 2. The van der Waals surface area contributed by atoms with Gasteiger partial charge in [0, 0.05) is 43.2 Å². The molecule has 4 aromatic rings. The van der Waals surface area contributed by atoms with E-state index in [1.165, 1.54) is 0 Å². The van der Waals surface area contributed by atoms with Gasteiger partial charge in [-0.2, -0.15) is 0 Å². The molecule has 2 heterocycles. The number of alkyl halides is 3. The van der Waals surface area contributed by atoms with Gasteiger partial charge in [-0.25, -0.2) is 4.98 Å². The van der Waals surface area contributed by atoms with Crippen LogP contribution in [0, 0.1) is 5.92 Å². The fourth-order valence-corrected chi connectivity index (χ4v) is 6.23. The molecular formula is C32H32Cl3N3O4S. The van der Waals surface area contributed by atoms with E-state index in [-0.39, 0.29) is 31.3 Å². The molecule has 43 heavy (non-hydrogen) atoms. The predicted octanol–water partition coefficient (Wildman–Crippen LogP) is 7.15. The average Bonchev–Trinajstić information content (AvgIpc) is 3.43. The van der Waals surface area contributed by atoms with Gasteiger partial charge >= 0.3 is 0 Å². The molecule has 0 radical (unpaired) electrons. The standard InChI is InChI=1S/C32H32Cl3N3O4S/c1-20-27(19-43-31-36-14-15-38(31)2)41-29(42-28(20)24-8-6-21(18-39)7-9-24)25-12-10-23(11-13-25)26-5-3-4-22(16-26)17-37-30(40)32(33,34)35/h3-16,20,27-29,39H,17-19H2,1-2H3,(H,37,40)/t20-,27+,28+,29+/m0/s1. The number of hydrogen-bond donors (Lipinski definition) is 2. The van der Waals surface area contributed by atoms with Crippen LogP contribution in [0.1, 0.15) is 41.6 Å². The first-order chi connectivity index (χ1) is 20.6. The van der Waals surface area contributed by atoms with Crippen LogP contribution < -0.4 is 5.32 Å². The molecule has 1 aromatic heterocycles. The molecule has 0 bridgehead atoms. The molecule has 1 saturated heterocycles. The summed E-state index contributed by atoms with van der Waals surface area (Å²) >= 11 is 18.6. The summed E-state index contributed by atoms with van der Waals surface area (Å²) in [6, 6.07) is 23.8. The number of imidazole rings is 1. The lowest BCUT2D eigenvalue weighted by Gasteiger charge is -2.41. The Balaban J connectivity index is 1.34. The van der Waals surface area contributed by atoms with Crippen molar-refractivity contribution >= 4 is 52.5 Å². The van der Waals surface area contributed by atoms with Crippen LogP contribution in [0.25, 0.3) is 11.1 Å². The van der Waals surface area contributed by atoms with Gasteiger partial charge in [0.25, 0.3) is 9.70 Å². The van der Waals surface area contributed by atoms with Gasteiger partial charge in [0.1, 0.15) is 0 Å². The predicted molar refractivity (Wildman–Crippen MR) is 171 cm³/mol. The van der Waals surface area contributed by atoms with Crippen LogP contribution in [0.15, 0.2) is 90.3 Å². The van der Waals surface area contributed by atoms with Crippen molar-refractivity contribution in [2.75, 3.05) is 5.75 Å². The van der Waals surface area contributed by atoms with E-state index in [9.17, 15) is 9.90 Å². The SMILES string of the molecule is C[C@H]1[C@@H](CSc2nccn2C)O[C@@H](c2ccc(-c3cccc(CNC(=O)C(Cl)(Cl)Cl)c3)cc2)O[C@H]1c1ccc(CO)cc1. The Labute approximate surface area is 270 Å². The third kappa shape index (κ3) is 7.94. The summed E-state index contributed by atoms with van der Waals surface area (Å²) in [4.78, 5) is 16.4. The molecule has 1 aliphatic heterocycles. The molecule has 11 heteroatoms. The molecule has 1 fully saturated rings. The summed E-state index contributed by atoms with van der Waals surface area (Å²) in [5.74, 6) is 0.123. The fraction of sp³-hybridized carbons (Fsp3) is 0.312. The van der Waals surface area contributed by atoms with Crippen LogP contribution in [0.4, 0.5) is 0 Å². The van der Waals surface area contributed by atoms with E-state index in [4.69, 9.17) is 44.3 Å². The topological polar surface area (TPSA) is 85.6 Å². The van der Waals surface area contributed by atoms with Gasteiger partial charge in [-0.3, -0.25) is 4.79 Å². The van der Waals surface area contributed by atoms with Crippen molar-refractivity contribution in [1.29, 1.82) is 0 Å². The molecule has 1 aliphatic rings. The maximum atomic E-state index is 11.9. The monoisotopic (exact) mass is 659 g/mol. The van der Waals surface area contributed by atoms with Crippen LogP contribution in [0.3, 0.4) is 0 Å². The van der Waals surface area contributed by atoms with Crippen molar-refractivity contribution in [3.63, 3.8) is 0 Å². The van der Waals surface area contributed by atoms with Crippen LogP contribution in [0.2, 0.25) is 0 Å². The van der Waals surface area contributed by atoms with Crippen molar-refractivity contribution in [1.82, 2.24) is 14.9 Å². The third-order valence-electron chi connectivity index (χ3n) is 7.43. The van der Waals surface area contributed by atoms with E-state index in [1.54, 1.807) is 18.0 Å². The largest absolute Gasteiger partial charge is 0.392 e. The number of ether oxygens (including phenoxy) is 2. The number of carbonyl (C=O) groups excluding carboxylic acids is 1. The molecule has 3 aromatic carbocycles. The lowest BCUT2D eigenvalue weighted by Crippen LogP contribution is -2.38.